The fourth-order valence-corrected chi connectivity index (χ4v) is 2.08. The maximum atomic E-state index is 10.8. The summed E-state index contributed by atoms with van der Waals surface area (Å²) in [7, 11) is 0. The topological polar surface area (TPSA) is 64.4 Å². The van der Waals surface area contributed by atoms with Crippen LogP contribution < -0.4 is 10.1 Å². The van der Waals surface area contributed by atoms with Crippen molar-refractivity contribution in [2.24, 2.45) is 0 Å². The minimum absolute atomic E-state index is 0.0400. The first kappa shape index (κ1) is 14.8. The van der Waals surface area contributed by atoms with Gasteiger partial charge in [-0.2, -0.15) is 0 Å². The molecule has 1 atom stereocenters. The standard InChI is InChI=1S/C16H18N2O3/c1-3-21-16-9-5-7-14(11-16)17-12(2)13-6-4-8-15(10-13)18(19)20/h4-12,17H,3H2,1-2H3. The average molecular weight is 286 g/mol. The van der Waals surface area contributed by atoms with Gasteiger partial charge in [0.05, 0.1) is 11.5 Å². The van der Waals surface area contributed by atoms with Crippen molar-refractivity contribution in [3.05, 3.63) is 64.2 Å². The molecule has 21 heavy (non-hydrogen) atoms. The number of nitrogens with zero attached hydrogens (tertiary/aromatic N) is 1. The lowest BCUT2D eigenvalue weighted by Gasteiger charge is -2.16. The van der Waals surface area contributed by atoms with Gasteiger partial charge in [0.2, 0.25) is 0 Å². The van der Waals surface area contributed by atoms with Crippen molar-refractivity contribution in [3.63, 3.8) is 0 Å². The molecule has 5 heteroatoms. The van der Waals surface area contributed by atoms with Crippen LogP contribution in [0.4, 0.5) is 11.4 Å². The molecule has 0 saturated carbocycles. The van der Waals surface area contributed by atoms with Gasteiger partial charge >= 0.3 is 0 Å². The van der Waals surface area contributed by atoms with Gasteiger partial charge in [-0.1, -0.05) is 18.2 Å². The average Bonchev–Trinajstić information content (AvgIpc) is 2.48. The third kappa shape index (κ3) is 3.95. The number of nitro benzene ring substituents is 1. The van der Waals surface area contributed by atoms with Crippen LogP contribution in [0.15, 0.2) is 48.5 Å². The van der Waals surface area contributed by atoms with Crippen LogP contribution in [0, 0.1) is 10.1 Å². The number of benzene rings is 2. The summed E-state index contributed by atoms with van der Waals surface area (Å²) in [5.74, 6) is 0.800. The first-order valence-corrected chi connectivity index (χ1v) is 6.84. The smallest absolute Gasteiger partial charge is 0.269 e. The number of ether oxygens (including phenoxy) is 1. The van der Waals surface area contributed by atoms with Gasteiger partial charge in [0, 0.05) is 29.9 Å². The summed E-state index contributed by atoms with van der Waals surface area (Å²) < 4.78 is 5.46. The molecule has 0 heterocycles. The van der Waals surface area contributed by atoms with E-state index in [1.54, 1.807) is 12.1 Å². The van der Waals surface area contributed by atoms with E-state index < -0.39 is 0 Å². The third-order valence-electron chi connectivity index (χ3n) is 3.11. The zero-order chi connectivity index (χ0) is 15.2. The van der Waals surface area contributed by atoms with Crippen molar-refractivity contribution in [3.8, 4) is 5.75 Å². The highest BCUT2D eigenvalue weighted by molar-refractivity contribution is 5.50. The van der Waals surface area contributed by atoms with Gasteiger partial charge in [-0.05, 0) is 31.5 Å². The van der Waals surface area contributed by atoms with E-state index in [0.29, 0.717) is 6.61 Å². The Bertz CT molecular complexity index is 628. The Labute approximate surface area is 123 Å². The van der Waals surface area contributed by atoms with E-state index in [-0.39, 0.29) is 16.7 Å². The Morgan fingerprint density at radius 2 is 2.00 bits per heavy atom. The van der Waals surface area contributed by atoms with E-state index in [4.69, 9.17) is 4.74 Å². The number of non-ortho nitro benzene ring substituents is 1. The van der Waals surface area contributed by atoms with E-state index in [0.717, 1.165) is 17.0 Å². The first-order chi connectivity index (χ1) is 10.1. The largest absolute Gasteiger partial charge is 0.494 e. The van der Waals surface area contributed by atoms with Crippen LogP contribution in [-0.4, -0.2) is 11.5 Å². The maximum Gasteiger partial charge on any atom is 0.269 e. The Morgan fingerprint density at radius 1 is 1.24 bits per heavy atom. The van der Waals surface area contributed by atoms with Crippen LogP contribution in [0.1, 0.15) is 25.5 Å². The van der Waals surface area contributed by atoms with E-state index in [2.05, 4.69) is 5.32 Å². The predicted molar refractivity (Wildman–Crippen MR) is 82.7 cm³/mol. The molecule has 0 aliphatic heterocycles. The summed E-state index contributed by atoms with van der Waals surface area (Å²) in [6, 6.07) is 14.3. The van der Waals surface area contributed by atoms with Crippen LogP contribution >= 0.6 is 0 Å². The molecular formula is C16H18N2O3. The summed E-state index contributed by atoms with van der Waals surface area (Å²) in [6.45, 7) is 4.52. The van der Waals surface area contributed by atoms with Crippen LogP contribution in [0.2, 0.25) is 0 Å². The zero-order valence-electron chi connectivity index (χ0n) is 12.1. The summed E-state index contributed by atoms with van der Waals surface area (Å²) in [4.78, 5) is 10.4. The van der Waals surface area contributed by atoms with E-state index >= 15 is 0 Å². The minimum atomic E-state index is -0.383. The highest BCUT2D eigenvalue weighted by Crippen LogP contribution is 2.24. The first-order valence-electron chi connectivity index (χ1n) is 6.84. The van der Waals surface area contributed by atoms with Gasteiger partial charge < -0.3 is 10.1 Å². The number of nitro groups is 1. The molecule has 2 rings (SSSR count). The Morgan fingerprint density at radius 3 is 2.71 bits per heavy atom. The van der Waals surface area contributed by atoms with Gasteiger partial charge in [-0.15, -0.1) is 0 Å². The molecule has 1 N–H and O–H groups in total. The molecule has 5 nitrogen and oxygen atoms in total. The van der Waals surface area contributed by atoms with E-state index in [9.17, 15) is 10.1 Å². The summed E-state index contributed by atoms with van der Waals surface area (Å²) in [5, 5.41) is 14.1. The van der Waals surface area contributed by atoms with Crippen molar-refractivity contribution < 1.29 is 9.66 Å². The predicted octanol–water partition coefficient (Wildman–Crippen LogP) is 4.17. The van der Waals surface area contributed by atoms with E-state index in [1.807, 2.05) is 44.2 Å². The van der Waals surface area contributed by atoms with Crippen molar-refractivity contribution in [1.82, 2.24) is 0 Å². The van der Waals surface area contributed by atoms with Crippen molar-refractivity contribution in [2.45, 2.75) is 19.9 Å². The zero-order valence-corrected chi connectivity index (χ0v) is 12.1. The molecule has 0 fully saturated rings. The summed E-state index contributed by atoms with van der Waals surface area (Å²) in [6.07, 6.45) is 0. The van der Waals surface area contributed by atoms with Crippen LogP contribution in [-0.2, 0) is 0 Å². The highest BCUT2D eigenvalue weighted by atomic mass is 16.6. The minimum Gasteiger partial charge on any atom is -0.494 e. The van der Waals surface area contributed by atoms with Crippen LogP contribution in [0.25, 0.3) is 0 Å². The molecule has 2 aromatic rings. The van der Waals surface area contributed by atoms with Crippen molar-refractivity contribution in [1.29, 1.82) is 0 Å². The molecule has 0 aliphatic rings. The SMILES string of the molecule is CCOc1cccc(NC(C)c2cccc([N+](=O)[O-])c2)c1. The molecule has 0 aliphatic carbocycles. The Balaban J connectivity index is 2.13. The van der Waals surface area contributed by atoms with Gasteiger partial charge in [0.1, 0.15) is 5.75 Å². The second-order valence-corrected chi connectivity index (χ2v) is 4.68. The molecule has 0 radical (unpaired) electrons. The molecule has 0 amide bonds. The lowest BCUT2D eigenvalue weighted by Crippen LogP contribution is -2.07. The monoisotopic (exact) mass is 286 g/mol. The molecule has 0 spiro atoms. The molecule has 0 saturated heterocycles. The molecule has 110 valence electrons. The van der Waals surface area contributed by atoms with Crippen molar-refractivity contribution >= 4 is 11.4 Å². The lowest BCUT2D eigenvalue weighted by atomic mass is 10.1. The summed E-state index contributed by atoms with van der Waals surface area (Å²) >= 11 is 0. The highest BCUT2D eigenvalue weighted by Gasteiger charge is 2.11. The van der Waals surface area contributed by atoms with Crippen molar-refractivity contribution in [2.75, 3.05) is 11.9 Å². The van der Waals surface area contributed by atoms with Gasteiger partial charge in [0.25, 0.3) is 5.69 Å². The molecular weight excluding hydrogens is 268 g/mol. The number of anilines is 1. The molecule has 2 aromatic carbocycles. The van der Waals surface area contributed by atoms with Gasteiger partial charge in [-0.3, -0.25) is 10.1 Å². The maximum absolute atomic E-state index is 10.8. The number of hydrogen-bond acceptors (Lipinski definition) is 4. The Hall–Kier alpha value is -2.56. The Kier molecular flexibility index (Phi) is 4.77. The second kappa shape index (κ2) is 6.74. The third-order valence-corrected chi connectivity index (χ3v) is 3.11. The van der Waals surface area contributed by atoms with Gasteiger partial charge in [-0.25, -0.2) is 0 Å². The number of hydrogen-bond donors (Lipinski definition) is 1. The fourth-order valence-electron chi connectivity index (χ4n) is 2.08. The van der Waals surface area contributed by atoms with Gasteiger partial charge in [0.15, 0.2) is 0 Å². The van der Waals surface area contributed by atoms with Crippen LogP contribution in [0.5, 0.6) is 5.75 Å². The van der Waals surface area contributed by atoms with Crippen LogP contribution in [0.3, 0.4) is 0 Å². The normalized spacial score (nSPS) is 11.7. The molecule has 1 unspecified atom stereocenters. The fraction of sp³-hybridized carbons (Fsp3) is 0.250. The lowest BCUT2D eigenvalue weighted by molar-refractivity contribution is -0.384. The number of nitrogens with one attached hydrogen (secondary N) is 1. The summed E-state index contributed by atoms with van der Waals surface area (Å²) in [5.41, 5.74) is 1.88. The van der Waals surface area contributed by atoms with E-state index in [1.165, 1.54) is 6.07 Å². The second-order valence-electron chi connectivity index (χ2n) is 4.68. The number of rotatable bonds is 6. The molecule has 0 aromatic heterocycles. The quantitative estimate of drug-likeness (QED) is 0.639. The molecule has 0 bridgehead atoms.